The maximum Gasteiger partial charge on any atom is 0.261 e. The van der Waals surface area contributed by atoms with Crippen molar-refractivity contribution in [1.82, 2.24) is 19.2 Å². The minimum absolute atomic E-state index is 0.0272. The molecular formula is C24H20N4O. The molecule has 3 heterocycles. The Hall–Kier alpha value is -3.73. The van der Waals surface area contributed by atoms with Crippen LogP contribution in [0, 0.1) is 13.8 Å². The van der Waals surface area contributed by atoms with E-state index in [-0.39, 0.29) is 5.56 Å². The van der Waals surface area contributed by atoms with Gasteiger partial charge in [0.25, 0.3) is 5.56 Å². The SMILES string of the molecule is Cc1cc(-c2ccc3c(=O)n(C)c4cc(-c5ccccc5)nn4c3c2)cc(C)n1. The lowest BCUT2D eigenvalue weighted by atomic mass is 10.0. The van der Waals surface area contributed by atoms with Gasteiger partial charge in [0.05, 0.1) is 16.6 Å². The zero-order chi connectivity index (χ0) is 20.1. The average molecular weight is 380 g/mol. The van der Waals surface area contributed by atoms with Crippen LogP contribution in [0.15, 0.2) is 71.5 Å². The molecule has 0 bridgehead atoms. The Morgan fingerprint density at radius 1 is 0.793 bits per heavy atom. The number of aryl methyl sites for hydroxylation is 3. The van der Waals surface area contributed by atoms with Crippen LogP contribution in [-0.4, -0.2) is 19.2 Å². The molecule has 0 fully saturated rings. The molecule has 0 spiro atoms. The molecule has 0 saturated heterocycles. The Bertz CT molecular complexity index is 1430. The van der Waals surface area contributed by atoms with E-state index in [1.54, 1.807) is 11.6 Å². The molecule has 0 aliphatic heterocycles. The first-order valence-corrected chi connectivity index (χ1v) is 9.55. The largest absolute Gasteiger partial charge is 0.296 e. The average Bonchev–Trinajstić information content (AvgIpc) is 3.17. The molecule has 3 aromatic heterocycles. The highest BCUT2D eigenvalue weighted by Crippen LogP contribution is 2.26. The number of aromatic nitrogens is 4. The van der Waals surface area contributed by atoms with E-state index in [0.717, 1.165) is 44.9 Å². The van der Waals surface area contributed by atoms with Gasteiger partial charge in [-0.2, -0.15) is 5.10 Å². The van der Waals surface area contributed by atoms with Crippen LogP contribution in [-0.2, 0) is 7.05 Å². The highest BCUT2D eigenvalue weighted by molar-refractivity contribution is 5.86. The van der Waals surface area contributed by atoms with Crippen molar-refractivity contribution < 1.29 is 0 Å². The maximum atomic E-state index is 13.0. The van der Waals surface area contributed by atoms with E-state index >= 15 is 0 Å². The predicted molar refractivity (Wildman–Crippen MR) is 116 cm³/mol. The topological polar surface area (TPSA) is 52.2 Å². The van der Waals surface area contributed by atoms with E-state index in [0.29, 0.717) is 5.39 Å². The molecule has 29 heavy (non-hydrogen) atoms. The van der Waals surface area contributed by atoms with Crippen molar-refractivity contribution >= 4 is 16.6 Å². The van der Waals surface area contributed by atoms with Crippen LogP contribution >= 0.6 is 0 Å². The van der Waals surface area contributed by atoms with Crippen molar-refractivity contribution in [2.24, 2.45) is 7.05 Å². The number of rotatable bonds is 2. The number of fused-ring (bicyclic) bond motifs is 3. The standard InChI is InChI=1S/C24H20N4O/c1-15-11-19(12-16(2)25-15)18-9-10-20-22(13-18)28-23(27(3)24(20)29)14-21(26-28)17-7-5-4-6-8-17/h4-14H,1-3H3. The van der Waals surface area contributed by atoms with Gasteiger partial charge in [-0.05, 0) is 49.2 Å². The molecule has 5 aromatic rings. The fraction of sp³-hybridized carbons (Fsp3) is 0.125. The van der Waals surface area contributed by atoms with Gasteiger partial charge < -0.3 is 0 Å². The van der Waals surface area contributed by atoms with Crippen LogP contribution in [0.4, 0.5) is 0 Å². The minimum Gasteiger partial charge on any atom is -0.296 e. The summed E-state index contributed by atoms with van der Waals surface area (Å²) in [6.07, 6.45) is 0. The van der Waals surface area contributed by atoms with Crippen molar-refractivity contribution in [3.05, 3.63) is 88.5 Å². The molecule has 5 rings (SSSR count). The molecule has 142 valence electrons. The van der Waals surface area contributed by atoms with Gasteiger partial charge in [0.15, 0.2) is 0 Å². The van der Waals surface area contributed by atoms with Crippen LogP contribution in [0.25, 0.3) is 38.9 Å². The molecule has 0 N–H and O–H groups in total. The number of hydrogen-bond donors (Lipinski definition) is 0. The van der Waals surface area contributed by atoms with E-state index in [1.807, 2.05) is 73.0 Å². The molecule has 0 radical (unpaired) electrons. The maximum absolute atomic E-state index is 13.0. The van der Waals surface area contributed by atoms with E-state index in [4.69, 9.17) is 5.10 Å². The Morgan fingerprint density at radius 2 is 1.52 bits per heavy atom. The van der Waals surface area contributed by atoms with Crippen LogP contribution in [0.5, 0.6) is 0 Å². The van der Waals surface area contributed by atoms with Crippen LogP contribution in [0.1, 0.15) is 11.4 Å². The highest BCUT2D eigenvalue weighted by atomic mass is 16.1. The summed E-state index contributed by atoms with van der Waals surface area (Å²) < 4.78 is 3.52. The van der Waals surface area contributed by atoms with Gasteiger partial charge >= 0.3 is 0 Å². The Balaban J connectivity index is 1.82. The molecule has 0 aliphatic carbocycles. The quantitative estimate of drug-likeness (QED) is 0.452. The first kappa shape index (κ1) is 17.4. The molecule has 0 saturated carbocycles. The summed E-state index contributed by atoms with van der Waals surface area (Å²) in [4.78, 5) is 17.4. The molecule has 5 nitrogen and oxygen atoms in total. The van der Waals surface area contributed by atoms with Crippen molar-refractivity contribution in [2.45, 2.75) is 13.8 Å². The molecule has 0 amide bonds. The van der Waals surface area contributed by atoms with Gasteiger partial charge in [0, 0.05) is 30.1 Å². The normalized spacial score (nSPS) is 11.4. The van der Waals surface area contributed by atoms with Crippen LogP contribution in [0.3, 0.4) is 0 Å². The van der Waals surface area contributed by atoms with Gasteiger partial charge in [-0.25, -0.2) is 4.52 Å². The second-order valence-electron chi connectivity index (χ2n) is 7.40. The van der Waals surface area contributed by atoms with Crippen molar-refractivity contribution in [3.63, 3.8) is 0 Å². The minimum atomic E-state index is -0.0272. The van der Waals surface area contributed by atoms with E-state index < -0.39 is 0 Å². The molecule has 5 heteroatoms. The van der Waals surface area contributed by atoms with Crippen molar-refractivity contribution in [1.29, 1.82) is 0 Å². The Kier molecular flexibility index (Phi) is 3.84. The summed E-state index contributed by atoms with van der Waals surface area (Å²) in [5.74, 6) is 0. The van der Waals surface area contributed by atoms with Gasteiger partial charge in [0.1, 0.15) is 5.65 Å². The molecule has 2 aromatic carbocycles. The van der Waals surface area contributed by atoms with Crippen molar-refractivity contribution in [3.8, 4) is 22.4 Å². The molecular weight excluding hydrogens is 360 g/mol. The molecule has 0 unspecified atom stereocenters. The third kappa shape index (κ3) is 2.83. The summed E-state index contributed by atoms with van der Waals surface area (Å²) in [6, 6.07) is 22.0. The number of hydrogen-bond acceptors (Lipinski definition) is 3. The van der Waals surface area contributed by atoms with E-state index in [2.05, 4.69) is 17.1 Å². The summed E-state index contributed by atoms with van der Waals surface area (Å²) in [5.41, 5.74) is 7.47. The predicted octanol–water partition coefficient (Wildman–Crippen LogP) is 4.53. The lowest BCUT2D eigenvalue weighted by molar-refractivity contribution is 0.850. The van der Waals surface area contributed by atoms with Crippen LogP contribution in [0.2, 0.25) is 0 Å². The summed E-state index contributed by atoms with van der Waals surface area (Å²) in [6.45, 7) is 3.98. The highest BCUT2D eigenvalue weighted by Gasteiger charge is 2.14. The van der Waals surface area contributed by atoms with Gasteiger partial charge in [-0.1, -0.05) is 36.4 Å². The second kappa shape index (κ2) is 6.41. The smallest absolute Gasteiger partial charge is 0.261 e. The van der Waals surface area contributed by atoms with E-state index in [9.17, 15) is 4.79 Å². The molecule has 0 atom stereocenters. The third-order valence-corrected chi connectivity index (χ3v) is 5.28. The van der Waals surface area contributed by atoms with Crippen LogP contribution < -0.4 is 5.56 Å². The number of pyridine rings is 1. The lowest BCUT2D eigenvalue weighted by Crippen LogP contribution is -2.19. The van der Waals surface area contributed by atoms with Gasteiger partial charge in [-0.15, -0.1) is 0 Å². The first-order valence-electron chi connectivity index (χ1n) is 9.55. The molecule has 0 aliphatic rings. The third-order valence-electron chi connectivity index (χ3n) is 5.28. The summed E-state index contributed by atoms with van der Waals surface area (Å²) >= 11 is 0. The fourth-order valence-corrected chi connectivity index (χ4v) is 3.89. The zero-order valence-corrected chi connectivity index (χ0v) is 16.5. The Labute approximate surface area is 167 Å². The van der Waals surface area contributed by atoms with Gasteiger partial charge in [-0.3, -0.25) is 14.3 Å². The zero-order valence-electron chi connectivity index (χ0n) is 16.5. The van der Waals surface area contributed by atoms with Crippen molar-refractivity contribution in [2.75, 3.05) is 0 Å². The monoisotopic (exact) mass is 380 g/mol. The Morgan fingerprint density at radius 3 is 2.24 bits per heavy atom. The summed E-state index contributed by atoms with van der Waals surface area (Å²) in [5, 5.41) is 5.47. The first-order chi connectivity index (χ1) is 14.0. The number of nitrogens with zero attached hydrogens (tertiary/aromatic N) is 4. The second-order valence-corrected chi connectivity index (χ2v) is 7.40. The lowest BCUT2D eigenvalue weighted by Gasteiger charge is -2.09. The number of benzene rings is 2. The fourth-order valence-electron chi connectivity index (χ4n) is 3.89. The van der Waals surface area contributed by atoms with Gasteiger partial charge in [0.2, 0.25) is 0 Å². The van der Waals surface area contributed by atoms with E-state index in [1.165, 1.54) is 0 Å². The summed E-state index contributed by atoms with van der Waals surface area (Å²) in [7, 11) is 1.79.